The molecule has 19 heavy (non-hydrogen) atoms. The zero-order valence-corrected chi connectivity index (χ0v) is 11.2. The van der Waals surface area contributed by atoms with Gasteiger partial charge in [0.05, 0.1) is 17.4 Å². The smallest absolute Gasteiger partial charge is 0.138 e. The summed E-state index contributed by atoms with van der Waals surface area (Å²) in [6.45, 7) is 1.96. The number of aryl methyl sites for hydroxylation is 2. The molecular formula is C13H18N6. The van der Waals surface area contributed by atoms with E-state index in [4.69, 9.17) is 5.73 Å². The van der Waals surface area contributed by atoms with Crippen LogP contribution in [-0.4, -0.2) is 24.5 Å². The third-order valence-corrected chi connectivity index (χ3v) is 4.79. The molecule has 0 aliphatic heterocycles. The summed E-state index contributed by atoms with van der Waals surface area (Å²) in [5.74, 6) is 3.25. The Morgan fingerprint density at radius 2 is 2.05 bits per heavy atom. The van der Waals surface area contributed by atoms with Gasteiger partial charge in [0.1, 0.15) is 12.2 Å². The lowest BCUT2D eigenvalue weighted by atomic mass is 10.1. The summed E-state index contributed by atoms with van der Waals surface area (Å²) in [5.41, 5.74) is 7.61. The zero-order chi connectivity index (χ0) is 13.1. The van der Waals surface area contributed by atoms with Gasteiger partial charge in [-0.3, -0.25) is 9.36 Å². The molecule has 2 fully saturated rings. The summed E-state index contributed by atoms with van der Waals surface area (Å²) in [6, 6.07) is 0.510. The van der Waals surface area contributed by atoms with Crippen molar-refractivity contribution in [3.63, 3.8) is 0 Å². The summed E-state index contributed by atoms with van der Waals surface area (Å²) in [6.07, 6.45) is 5.99. The second-order valence-electron chi connectivity index (χ2n) is 5.87. The second-order valence-corrected chi connectivity index (χ2v) is 5.87. The minimum atomic E-state index is 0.510. The molecular weight excluding hydrogens is 240 g/mol. The van der Waals surface area contributed by atoms with Crippen LogP contribution in [0, 0.1) is 18.8 Å². The average Bonchev–Trinajstić information content (AvgIpc) is 2.82. The van der Waals surface area contributed by atoms with E-state index < -0.39 is 0 Å². The molecule has 2 aliphatic rings. The van der Waals surface area contributed by atoms with Gasteiger partial charge in [-0.15, -0.1) is 0 Å². The molecule has 0 spiro atoms. The maximum absolute atomic E-state index is 5.87. The van der Waals surface area contributed by atoms with Gasteiger partial charge in [-0.25, -0.2) is 4.98 Å². The normalized spacial score (nSPS) is 32.5. The van der Waals surface area contributed by atoms with Crippen molar-refractivity contribution < 1.29 is 0 Å². The lowest BCUT2D eigenvalue weighted by molar-refractivity contribution is 0.409. The predicted octanol–water partition coefficient (Wildman–Crippen LogP) is 1.27. The molecule has 0 radical (unpaired) electrons. The molecule has 2 heterocycles. The lowest BCUT2D eigenvalue weighted by Gasteiger charge is -2.14. The number of hydrogen-bond donors (Lipinski definition) is 1. The lowest BCUT2D eigenvalue weighted by Crippen LogP contribution is -2.10. The van der Waals surface area contributed by atoms with Gasteiger partial charge in [-0.1, -0.05) is 0 Å². The van der Waals surface area contributed by atoms with E-state index in [0.717, 1.165) is 29.0 Å². The first-order valence-electron chi connectivity index (χ1n) is 6.80. The van der Waals surface area contributed by atoms with Crippen molar-refractivity contribution in [1.29, 1.82) is 0 Å². The van der Waals surface area contributed by atoms with E-state index in [9.17, 15) is 0 Å². The highest BCUT2D eigenvalue weighted by molar-refractivity contribution is 5.39. The first kappa shape index (κ1) is 11.0. The highest BCUT2D eigenvalue weighted by atomic mass is 15.3. The van der Waals surface area contributed by atoms with E-state index >= 15 is 0 Å². The molecule has 0 amide bonds. The number of fused-ring (bicyclic) bond motifs is 1. The molecule has 2 N–H and O–H groups in total. The van der Waals surface area contributed by atoms with Crippen LogP contribution in [0.1, 0.15) is 36.3 Å². The standard InChI is InChI=1S/C13H18N6/c1-7-11(14)5-19(17-7)8-3-9-10(4-8)12(9)13-15-6-16-18(13)2/h5-6,8-10,12H,3-4,14H2,1-2H3. The van der Waals surface area contributed by atoms with Gasteiger partial charge in [0, 0.05) is 19.2 Å². The van der Waals surface area contributed by atoms with Crippen LogP contribution in [0.3, 0.4) is 0 Å². The first-order chi connectivity index (χ1) is 9.15. The van der Waals surface area contributed by atoms with E-state index in [2.05, 4.69) is 19.9 Å². The second kappa shape index (κ2) is 3.59. The predicted molar refractivity (Wildman–Crippen MR) is 70.4 cm³/mol. The fraction of sp³-hybridized carbons (Fsp3) is 0.615. The van der Waals surface area contributed by atoms with E-state index in [-0.39, 0.29) is 0 Å². The van der Waals surface area contributed by atoms with Gasteiger partial charge < -0.3 is 5.73 Å². The monoisotopic (exact) mass is 258 g/mol. The van der Waals surface area contributed by atoms with Crippen molar-refractivity contribution in [3.8, 4) is 0 Å². The first-order valence-corrected chi connectivity index (χ1v) is 6.80. The quantitative estimate of drug-likeness (QED) is 0.880. The van der Waals surface area contributed by atoms with Crippen molar-refractivity contribution >= 4 is 5.69 Å². The minimum absolute atomic E-state index is 0.510. The minimum Gasteiger partial charge on any atom is -0.396 e. The molecule has 100 valence electrons. The van der Waals surface area contributed by atoms with Gasteiger partial charge >= 0.3 is 0 Å². The summed E-state index contributed by atoms with van der Waals surface area (Å²) >= 11 is 0. The number of nitrogens with two attached hydrogens (primary N) is 1. The molecule has 2 atom stereocenters. The summed E-state index contributed by atoms with van der Waals surface area (Å²) in [5, 5.41) is 8.68. The molecule has 0 bridgehead atoms. The van der Waals surface area contributed by atoms with Gasteiger partial charge in [-0.05, 0) is 31.6 Å². The van der Waals surface area contributed by atoms with Crippen molar-refractivity contribution in [2.75, 3.05) is 5.73 Å². The van der Waals surface area contributed by atoms with E-state index in [1.54, 1.807) is 6.33 Å². The molecule has 0 aromatic carbocycles. The number of nitrogen functional groups attached to an aromatic ring is 1. The third kappa shape index (κ3) is 1.52. The van der Waals surface area contributed by atoms with Crippen LogP contribution in [0.2, 0.25) is 0 Å². The molecule has 2 aliphatic carbocycles. The van der Waals surface area contributed by atoms with Crippen LogP contribution in [0.4, 0.5) is 5.69 Å². The molecule has 2 unspecified atom stereocenters. The van der Waals surface area contributed by atoms with E-state index in [0.29, 0.717) is 12.0 Å². The Morgan fingerprint density at radius 1 is 1.32 bits per heavy atom. The Labute approximate surface area is 111 Å². The van der Waals surface area contributed by atoms with Crippen molar-refractivity contribution in [2.24, 2.45) is 18.9 Å². The zero-order valence-electron chi connectivity index (χ0n) is 11.2. The number of anilines is 1. The maximum Gasteiger partial charge on any atom is 0.138 e. The molecule has 2 aromatic rings. The summed E-state index contributed by atoms with van der Waals surface area (Å²) < 4.78 is 3.97. The highest BCUT2D eigenvalue weighted by Gasteiger charge is 2.58. The Kier molecular flexibility index (Phi) is 2.08. The Morgan fingerprint density at radius 3 is 2.58 bits per heavy atom. The van der Waals surface area contributed by atoms with Crippen LogP contribution in [0.25, 0.3) is 0 Å². The summed E-state index contributed by atoms with van der Waals surface area (Å²) in [7, 11) is 1.98. The maximum atomic E-state index is 5.87. The van der Waals surface area contributed by atoms with Crippen molar-refractivity contribution in [1.82, 2.24) is 24.5 Å². The number of hydrogen-bond acceptors (Lipinski definition) is 4. The number of nitrogens with zero attached hydrogens (tertiary/aromatic N) is 5. The van der Waals surface area contributed by atoms with Gasteiger partial charge in [0.15, 0.2) is 0 Å². The topological polar surface area (TPSA) is 74.5 Å². The molecule has 2 saturated carbocycles. The SMILES string of the molecule is Cc1nn(C2CC3C(C2)C3c2ncnn2C)cc1N. The Balaban J connectivity index is 1.50. The molecule has 4 rings (SSSR count). The van der Waals surface area contributed by atoms with Crippen LogP contribution >= 0.6 is 0 Å². The van der Waals surface area contributed by atoms with Crippen LogP contribution in [-0.2, 0) is 7.05 Å². The van der Waals surface area contributed by atoms with Gasteiger partial charge in [0.2, 0.25) is 0 Å². The fourth-order valence-electron chi connectivity index (χ4n) is 3.70. The van der Waals surface area contributed by atoms with Gasteiger partial charge in [-0.2, -0.15) is 10.2 Å². The number of aromatic nitrogens is 5. The van der Waals surface area contributed by atoms with E-state index in [1.165, 1.54) is 12.8 Å². The summed E-state index contributed by atoms with van der Waals surface area (Å²) in [4.78, 5) is 4.39. The van der Waals surface area contributed by atoms with Crippen LogP contribution < -0.4 is 5.73 Å². The van der Waals surface area contributed by atoms with Gasteiger partial charge in [0.25, 0.3) is 0 Å². The Bertz CT molecular complexity index is 595. The molecule has 2 aromatic heterocycles. The fourth-order valence-corrected chi connectivity index (χ4v) is 3.70. The highest BCUT2D eigenvalue weighted by Crippen LogP contribution is 2.65. The molecule has 0 saturated heterocycles. The average molecular weight is 258 g/mol. The molecule has 6 nitrogen and oxygen atoms in total. The largest absolute Gasteiger partial charge is 0.396 e. The third-order valence-electron chi connectivity index (χ3n) is 4.79. The van der Waals surface area contributed by atoms with Crippen molar-refractivity contribution in [3.05, 3.63) is 24.0 Å². The number of rotatable bonds is 2. The Hall–Kier alpha value is -1.85. The van der Waals surface area contributed by atoms with E-state index in [1.807, 2.05) is 24.9 Å². The van der Waals surface area contributed by atoms with Crippen LogP contribution in [0.15, 0.2) is 12.5 Å². The molecule has 6 heteroatoms. The van der Waals surface area contributed by atoms with Crippen molar-refractivity contribution in [2.45, 2.75) is 31.7 Å². The van der Waals surface area contributed by atoms with Crippen LogP contribution in [0.5, 0.6) is 0 Å².